The molecule has 0 aliphatic carbocycles. The number of rotatable bonds is 4. The molecule has 1 aliphatic heterocycles. The van der Waals surface area contributed by atoms with Gasteiger partial charge in [0.15, 0.2) is 0 Å². The van der Waals surface area contributed by atoms with E-state index in [0.29, 0.717) is 5.70 Å². The van der Waals surface area contributed by atoms with Crippen molar-refractivity contribution in [2.45, 2.75) is 6.42 Å². The maximum absolute atomic E-state index is 12.7. The fourth-order valence-electron chi connectivity index (χ4n) is 2.34. The Bertz CT molecular complexity index is 773. The summed E-state index contributed by atoms with van der Waals surface area (Å²) < 4.78 is 5.12. The van der Waals surface area contributed by atoms with E-state index in [1.54, 1.807) is 24.7 Å². The smallest absolute Gasteiger partial charge is 0.302 e. The lowest BCUT2D eigenvalue weighted by molar-refractivity contribution is -0.128. The predicted octanol–water partition coefficient (Wildman–Crippen LogP) is 3.44. The zero-order chi connectivity index (χ0) is 16.9. The van der Waals surface area contributed by atoms with Crippen LogP contribution in [-0.2, 0) is 11.2 Å². The Morgan fingerprint density at radius 3 is 2.50 bits per heavy atom. The van der Waals surface area contributed by atoms with Crippen LogP contribution in [0.5, 0.6) is 5.75 Å². The van der Waals surface area contributed by atoms with E-state index in [9.17, 15) is 9.59 Å². The van der Waals surface area contributed by atoms with Gasteiger partial charge in [0, 0.05) is 11.0 Å². The highest BCUT2D eigenvalue weighted by atomic mass is 32.2. The first kappa shape index (κ1) is 16.1. The quantitative estimate of drug-likeness (QED) is 0.926. The molecule has 5 nitrogen and oxygen atoms in total. The summed E-state index contributed by atoms with van der Waals surface area (Å²) >= 11 is 1.03. The molecule has 0 saturated heterocycles. The first-order valence-electron chi connectivity index (χ1n) is 7.36. The molecule has 122 valence electrons. The summed E-state index contributed by atoms with van der Waals surface area (Å²) in [6.45, 7) is 0. The third kappa shape index (κ3) is 3.60. The number of amides is 2. The van der Waals surface area contributed by atoms with Crippen molar-refractivity contribution in [3.05, 3.63) is 71.1 Å². The average molecular weight is 340 g/mol. The molecule has 1 aliphatic rings. The number of nitrogens with one attached hydrogen (secondary N) is 1. The van der Waals surface area contributed by atoms with E-state index >= 15 is 0 Å². The summed E-state index contributed by atoms with van der Waals surface area (Å²) in [4.78, 5) is 24.4. The van der Waals surface area contributed by atoms with E-state index < -0.39 is 0 Å². The van der Waals surface area contributed by atoms with Crippen molar-refractivity contribution in [1.82, 2.24) is 10.4 Å². The standard InChI is InChI=1S/C18H16N2O3S/c1-23-15-9-7-13(8-10-15)11-17(21)20-16(12-24-18(22)19-20)14-5-3-2-4-6-14/h2-10,12H,11H2,1H3,(H,19,22). The SMILES string of the molecule is COc1ccc(CC(=O)N2NC(=O)SC=C2c2ccccc2)cc1. The van der Waals surface area contributed by atoms with Gasteiger partial charge in [0.25, 0.3) is 0 Å². The molecule has 0 atom stereocenters. The summed E-state index contributed by atoms with van der Waals surface area (Å²) in [5.74, 6) is 0.530. The summed E-state index contributed by atoms with van der Waals surface area (Å²) in [6.07, 6.45) is 0.180. The van der Waals surface area contributed by atoms with Crippen molar-refractivity contribution < 1.29 is 14.3 Å². The van der Waals surface area contributed by atoms with E-state index in [2.05, 4.69) is 5.43 Å². The molecule has 2 aromatic carbocycles. The minimum absolute atomic E-state index is 0.180. The lowest BCUT2D eigenvalue weighted by Crippen LogP contribution is -2.45. The third-order valence-corrected chi connectivity index (χ3v) is 4.20. The van der Waals surface area contributed by atoms with Crippen LogP contribution in [0.15, 0.2) is 60.0 Å². The Balaban J connectivity index is 1.81. The predicted molar refractivity (Wildman–Crippen MR) is 94.1 cm³/mol. The van der Waals surface area contributed by atoms with Gasteiger partial charge in [-0.2, -0.15) is 0 Å². The molecule has 24 heavy (non-hydrogen) atoms. The zero-order valence-corrected chi connectivity index (χ0v) is 13.9. The van der Waals surface area contributed by atoms with Gasteiger partial charge in [-0.3, -0.25) is 15.0 Å². The zero-order valence-electron chi connectivity index (χ0n) is 13.1. The van der Waals surface area contributed by atoms with Gasteiger partial charge < -0.3 is 4.74 Å². The van der Waals surface area contributed by atoms with Crippen LogP contribution in [-0.4, -0.2) is 23.3 Å². The molecule has 2 amide bonds. The molecule has 1 N–H and O–H groups in total. The Kier molecular flexibility index (Phi) is 4.86. The van der Waals surface area contributed by atoms with Gasteiger partial charge in [-0.1, -0.05) is 42.5 Å². The molecule has 1 heterocycles. The van der Waals surface area contributed by atoms with E-state index in [-0.39, 0.29) is 17.6 Å². The molecule has 0 radical (unpaired) electrons. The van der Waals surface area contributed by atoms with Crippen LogP contribution in [0.25, 0.3) is 5.70 Å². The van der Waals surface area contributed by atoms with Gasteiger partial charge >= 0.3 is 5.24 Å². The molecule has 0 bridgehead atoms. The van der Waals surface area contributed by atoms with Crippen molar-refractivity contribution in [1.29, 1.82) is 0 Å². The van der Waals surface area contributed by atoms with Crippen LogP contribution < -0.4 is 10.2 Å². The van der Waals surface area contributed by atoms with Gasteiger partial charge in [0.2, 0.25) is 5.91 Å². The van der Waals surface area contributed by atoms with Crippen molar-refractivity contribution in [2.75, 3.05) is 7.11 Å². The van der Waals surface area contributed by atoms with Crippen LogP contribution >= 0.6 is 11.8 Å². The van der Waals surface area contributed by atoms with E-state index in [4.69, 9.17) is 4.74 Å². The van der Waals surface area contributed by atoms with Crippen molar-refractivity contribution in [2.24, 2.45) is 0 Å². The third-order valence-electron chi connectivity index (χ3n) is 3.55. The molecule has 0 fully saturated rings. The number of benzene rings is 2. The van der Waals surface area contributed by atoms with E-state index in [0.717, 1.165) is 28.6 Å². The van der Waals surface area contributed by atoms with Gasteiger partial charge in [-0.15, -0.1) is 0 Å². The summed E-state index contributed by atoms with van der Waals surface area (Å²) in [6, 6.07) is 16.8. The molecular weight excluding hydrogens is 324 g/mol. The highest BCUT2D eigenvalue weighted by Crippen LogP contribution is 2.27. The van der Waals surface area contributed by atoms with Gasteiger partial charge in [-0.25, -0.2) is 5.01 Å². The lowest BCUT2D eigenvalue weighted by Gasteiger charge is -2.28. The molecule has 3 rings (SSSR count). The molecule has 6 heteroatoms. The Morgan fingerprint density at radius 1 is 1.12 bits per heavy atom. The van der Waals surface area contributed by atoms with Crippen LogP contribution in [0.3, 0.4) is 0 Å². The second-order valence-corrected chi connectivity index (χ2v) is 5.98. The van der Waals surface area contributed by atoms with Crippen LogP contribution in [0, 0.1) is 0 Å². The second kappa shape index (κ2) is 7.23. The monoisotopic (exact) mass is 340 g/mol. The number of hydrogen-bond acceptors (Lipinski definition) is 4. The summed E-state index contributed by atoms with van der Waals surface area (Å²) in [5.41, 5.74) is 5.00. The number of carbonyl (C=O) groups is 2. The second-order valence-electron chi connectivity index (χ2n) is 5.14. The van der Waals surface area contributed by atoms with Crippen LogP contribution in [0.4, 0.5) is 4.79 Å². The minimum atomic E-state index is -0.280. The number of hydrazine groups is 1. The van der Waals surface area contributed by atoms with Gasteiger partial charge in [0.05, 0.1) is 19.2 Å². The van der Waals surface area contributed by atoms with Crippen molar-refractivity contribution >= 4 is 28.6 Å². The molecule has 0 spiro atoms. The van der Waals surface area contributed by atoms with E-state index in [1.165, 1.54) is 5.01 Å². The summed E-state index contributed by atoms with van der Waals surface area (Å²) in [5, 5.41) is 2.73. The molecular formula is C18H16N2O3S. The highest BCUT2D eigenvalue weighted by Gasteiger charge is 2.25. The Morgan fingerprint density at radius 2 is 1.83 bits per heavy atom. The van der Waals surface area contributed by atoms with Gasteiger partial charge in [-0.05, 0) is 29.5 Å². The maximum Gasteiger partial charge on any atom is 0.302 e. The largest absolute Gasteiger partial charge is 0.497 e. The number of hydrogen-bond donors (Lipinski definition) is 1. The normalized spacial score (nSPS) is 14.0. The minimum Gasteiger partial charge on any atom is -0.497 e. The molecule has 2 aromatic rings. The summed E-state index contributed by atoms with van der Waals surface area (Å²) in [7, 11) is 1.60. The number of ether oxygens (including phenoxy) is 1. The average Bonchev–Trinajstić information content (AvgIpc) is 2.63. The Hall–Kier alpha value is -2.73. The fourth-order valence-corrected chi connectivity index (χ4v) is 2.94. The number of carbonyl (C=O) groups excluding carboxylic acids is 2. The molecule has 0 aromatic heterocycles. The molecule has 0 saturated carbocycles. The van der Waals surface area contributed by atoms with Crippen LogP contribution in [0.2, 0.25) is 0 Å². The highest BCUT2D eigenvalue weighted by molar-refractivity contribution is 8.16. The number of methoxy groups -OCH3 is 1. The van der Waals surface area contributed by atoms with Crippen molar-refractivity contribution in [3.8, 4) is 5.75 Å². The van der Waals surface area contributed by atoms with E-state index in [1.807, 2.05) is 42.5 Å². The first-order valence-corrected chi connectivity index (χ1v) is 8.24. The van der Waals surface area contributed by atoms with Gasteiger partial charge in [0.1, 0.15) is 5.75 Å². The first-order chi connectivity index (χ1) is 11.7. The van der Waals surface area contributed by atoms with Crippen LogP contribution in [0.1, 0.15) is 11.1 Å². The van der Waals surface area contributed by atoms with Crippen molar-refractivity contribution in [3.63, 3.8) is 0 Å². The maximum atomic E-state index is 12.7. The Labute approximate surface area is 144 Å². The lowest BCUT2D eigenvalue weighted by atomic mass is 10.1. The fraction of sp³-hybridized carbons (Fsp3) is 0.111. The number of nitrogens with zero attached hydrogens (tertiary/aromatic N) is 1. The topological polar surface area (TPSA) is 58.6 Å². The number of thioether (sulfide) groups is 1. The molecule has 0 unspecified atom stereocenters.